The molecule has 1 amide bonds. The van der Waals surface area contributed by atoms with Crippen molar-refractivity contribution in [2.24, 2.45) is 23.7 Å². The Balaban J connectivity index is 1.53. The molecule has 0 spiro atoms. The standard InChI is InChI=1S/C17H19BrFNO/c18-15-2-1-13(19)8-14(15)17(21)20-16-11-4-9-3-10(6-11)7-12(16)5-9/h1-2,8-12,16H,3-7H2,(H,20,21). The Labute approximate surface area is 132 Å². The van der Waals surface area contributed by atoms with Crippen LogP contribution in [0.5, 0.6) is 0 Å². The molecule has 1 N–H and O–H groups in total. The highest BCUT2D eigenvalue weighted by Crippen LogP contribution is 2.53. The monoisotopic (exact) mass is 351 g/mol. The summed E-state index contributed by atoms with van der Waals surface area (Å²) in [5, 5.41) is 3.21. The van der Waals surface area contributed by atoms with Gasteiger partial charge in [-0.1, -0.05) is 0 Å². The predicted molar refractivity (Wildman–Crippen MR) is 82.4 cm³/mol. The molecule has 112 valence electrons. The highest BCUT2D eigenvalue weighted by molar-refractivity contribution is 9.10. The molecule has 4 bridgehead atoms. The first-order valence-electron chi connectivity index (χ1n) is 7.86. The molecule has 0 aliphatic heterocycles. The van der Waals surface area contributed by atoms with Crippen LogP contribution in [0.2, 0.25) is 0 Å². The van der Waals surface area contributed by atoms with Crippen LogP contribution in [0.25, 0.3) is 0 Å². The van der Waals surface area contributed by atoms with Gasteiger partial charge >= 0.3 is 0 Å². The first kappa shape index (κ1) is 13.7. The number of carbonyl (C=O) groups excluding carboxylic acids is 1. The molecule has 4 aliphatic carbocycles. The van der Waals surface area contributed by atoms with E-state index in [0.717, 1.165) is 11.8 Å². The highest BCUT2D eigenvalue weighted by Gasteiger charge is 2.48. The van der Waals surface area contributed by atoms with Crippen molar-refractivity contribution in [2.75, 3.05) is 0 Å². The third kappa shape index (κ3) is 2.41. The van der Waals surface area contributed by atoms with Crippen molar-refractivity contribution in [1.29, 1.82) is 0 Å². The summed E-state index contributed by atoms with van der Waals surface area (Å²) in [6.07, 6.45) is 6.47. The van der Waals surface area contributed by atoms with Crippen molar-refractivity contribution < 1.29 is 9.18 Å². The minimum Gasteiger partial charge on any atom is -0.349 e. The van der Waals surface area contributed by atoms with E-state index in [-0.39, 0.29) is 11.7 Å². The zero-order chi connectivity index (χ0) is 14.6. The first-order chi connectivity index (χ1) is 10.1. The Morgan fingerprint density at radius 2 is 1.71 bits per heavy atom. The number of rotatable bonds is 2. The van der Waals surface area contributed by atoms with Gasteiger partial charge in [-0.05, 0) is 89.9 Å². The number of nitrogens with one attached hydrogen (secondary N) is 1. The van der Waals surface area contributed by atoms with Crippen LogP contribution in [0.1, 0.15) is 42.5 Å². The fraction of sp³-hybridized carbons (Fsp3) is 0.588. The average molecular weight is 352 g/mol. The molecule has 4 fully saturated rings. The van der Waals surface area contributed by atoms with E-state index in [4.69, 9.17) is 0 Å². The van der Waals surface area contributed by atoms with Gasteiger partial charge in [-0.2, -0.15) is 0 Å². The fourth-order valence-corrected chi connectivity index (χ4v) is 5.49. The molecule has 0 radical (unpaired) electrons. The number of carbonyl (C=O) groups is 1. The molecule has 0 unspecified atom stereocenters. The van der Waals surface area contributed by atoms with E-state index < -0.39 is 0 Å². The molecule has 4 saturated carbocycles. The van der Waals surface area contributed by atoms with E-state index >= 15 is 0 Å². The maximum absolute atomic E-state index is 13.4. The average Bonchev–Trinajstić information content (AvgIpc) is 2.44. The van der Waals surface area contributed by atoms with Gasteiger partial charge in [0.1, 0.15) is 5.82 Å². The summed E-state index contributed by atoms with van der Waals surface area (Å²) in [7, 11) is 0. The van der Waals surface area contributed by atoms with Gasteiger partial charge in [-0.3, -0.25) is 4.79 Å². The normalized spacial score (nSPS) is 36.8. The second-order valence-electron chi connectivity index (χ2n) is 7.05. The van der Waals surface area contributed by atoms with Gasteiger partial charge in [0.15, 0.2) is 0 Å². The van der Waals surface area contributed by atoms with Gasteiger partial charge in [0.05, 0.1) is 5.56 Å². The lowest BCUT2D eigenvalue weighted by Crippen LogP contribution is -2.55. The predicted octanol–water partition coefficient (Wildman–Crippen LogP) is 4.14. The van der Waals surface area contributed by atoms with Gasteiger partial charge in [0.25, 0.3) is 5.91 Å². The maximum atomic E-state index is 13.4. The number of amides is 1. The van der Waals surface area contributed by atoms with Crippen LogP contribution in [-0.2, 0) is 0 Å². The van der Waals surface area contributed by atoms with E-state index in [0.29, 0.717) is 27.9 Å². The molecule has 1 aromatic carbocycles. The molecule has 21 heavy (non-hydrogen) atoms. The lowest BCUT2D eigenvalue weighted by molar-refractivity contribution is -0.0119. The zero-order valence-electron chi connectivity index (χ0n) is 11.8. The summed E-state index contributed by atoms with van der Waals surface area (Å²) < 4.78 is 14.0. The Morgan fingerprint density at radius 1 is 1.10 bits per heavy atom. The Hall–Kier alpha value is -0.900. The molecular weight excluding hydrogens is 333 g/mol. The van der Waals surface area contributed by atoms with Crippen LogP contribution in [0.4, 0.5) is 4.39 Å². The van der Waals surface area contributed by atoms with Crippen molar-refractivity contribution in [1.82, 2.24) is 5.32 Å². The first-order valence-corrected chi connectivity index (χ1v) is 8.65. The van der Waals surface area contributed by atoms with E-state index in [1.807, 2.05) is 0 Å². The second kappa shape index (κ2) is 5.08. The van der Waals surface area contributed by atoms with Crippen LogP contribution >= 0.6 is 15.9 Å². The van der Waals surface area contributed by atoms with Crippen molar-refractivity contribution in [3.63, 3.8) is 0 Å². The van der Waals surface area contributed by atoms with Crippen LogP contribution in [0.15, 0.2) is 22.7 Å². The van der Waals surface area contributed by atoms with Crippen molar-refractivity contribution in [2.45, 2.75) is 38.1 Å². The Bertz CT molecular complexity index is 560. The smallest absolute Gasteiger partial charge is 0.252 e. The van der Waals surface area contributed by atoms with E-state index in [9.17, 15) is 9.18 Å². The number of hydrogen-bond donors (Lipinski definition) is 1. The molecule has 5 rings (SSSR count). The van der Waals surface area contributed by atoms with Crippen molar-refractivity contribution in [3.05, 3.63) is 34.1 Å². The molecule has 0 aromatic heterocycles. The van der Waals surface area contributed by atoms with Gasteiger partial charge in [0.2, 0.25) is 0 Å². The van der Waals surface area contributed by atoms with Gasteiger partial charge in [-0.25, -0.2) is 4.39 Å². The third-order valence-electron chi connectivity index (χ3n) is 5.70. The summed E-state index contributed by atoms with van der Waals surface area (Å²) in [6, 6.07) is 4.57. The Kier molecular flexibility index (Phi) is 3.32. The summed E-state index contributed by atoms with van der Waals surface area (Å²) in [5.74, 6) is 2.55. The Morgan fingerprint density at radius 3 is 2.33 bits per heavy atom. The number of halogens is 2. The minimum atomic E-state index is -0.367. The van der Waals surface area contributed by atoms with Crippen LogP contribution in [0.3, 0.4) is 0 Å². The highest BCUT2D eigenvalue weighted by atomic mass is 79.9. The van der Waals surface area contributed by atoms with Gasteiger partial charge in [-0.15, -0.1) is 0 Å². The maximum Gasteiger partial charge on any atom is 0.252 e. The molecule has 2 nitrogen and oxygen atoms in total. The number of benzene rings is 1. The molecular formula is C17H19BrFNO. The van der Waals surface area contributed by atoms with Crippen LogP contribution in [0, 0.1) is 29.5 Å². The van der Waals surface area contributed by atoms with Crippen molar-refractivity contribution in [3.8, 4) is 0 Å². The SMILES string of the molecule is O=C(NC1C2CC3CC(C2)CC1C3)c1cc(F)ccc1Br. The van der Waals surface area contributed by atoms with Crippen LogP contribution in [-0.4, -0.2) is 11.9 Å². The zero-order valence-corrected chi connectivity index (χ0v) is 13.4. The quantitative estimate of drug-likeness (QED) is 0.852. The summed E-state index contributed by atoms with van der Waals surface area (Å²) in [5.41, 5.74) is 0.406. The number of hydrogen-bond acceptors (Lipinski definition) is 1. The third-order valence-corrected chi connectivity index (χ3v) is 6.39. The summed E-state index contributed by atoms with van der Waals surface area (Å²) >= 11 is 3.35. The van der Waals surface area contributed by atoms with E-state index in [1.165, 1.54) is 44.2 Å². The summed E-state index contributed by atoms with van der Waals surface area (Å²) in [6.45, 7) is 0. The molecule has 0 saturated heterocycles. The fourth-order valence-electron chi connectivity index (χ4n) is 5.06. The second-order valence-corrected chi connectivity index (χ2v) is 7.91. The van der Waals surface area contributed by atoms with Crippen LogP contribution < -0.4 is 5.32 Å². The lowest BCUT2D eigenvalue weighted by atomic mass is 9.54. The molecule has 0 atom stereocenters. The topological polar surface area (TPSA) is 29.1 Å². The minimum absolute atomic E-state index is 0.140. The molecule has 1 aromatic rings. The van der Waals surface area contributed by atoms with E-state index in [2.05, 4.69) is 21.2 Å². The van der Waals surface area contributed by atoms with Crippen molar-refractivity contribution >= 4 is 21.8 Å². The van der Waals surface area contributed by atoms with E-state index in [1.54, 1.807) is 6.07 Å². The van der Waals surface area contributed by atoms with Gasteiger partial charge < -0.3 is 5.32 Å². The lowest BCUT2D eigenvalue weighted by Gasteiger charge is -2.54. The molecule has 4 aliphatic rings. The largest absolute Gasteiger partial charge is 0.349 e. The summed E-state index contributed by atoms with van der Waals surface area (Å²) in [4.78, 5) is 12.5. The molecule has 0 heterocycles. The molecule has 4 heteroatoms. The van der Waals surface area contributed by atoms with Gasteiger partial charge in [0, 0.05) is 10.5 Å².